The molecule has 0 radical (unpaired) electrons. The lowest BCUT2D eigenvalue weighted by atomic mass is 9.33. The van der Waals surface area contributed by atoms with Gasteiger partial charge in [0.25, 0.3) is 6.71 Å². The van der Waals surface area contributed by atoms with Crippen LogP contribution in [0.3, 0.4) is 0 Å². The van der Waals surface area contributed by atoms with Crippen LogP contribution in [0.15, 0.2) is 158 Å². The van der Waals surface area contributed by atoms with E-state index in [-0.39, 0.29) is 6.71 Å². The number of fused-ring (bicyclic) bond motifs is 5. The first-order chi connectivity index (χ1) is 26.3. The van der Waals surface area contributed by atoms with Gasteiger partial charge in [-0.2, -0.15) is 0 Å². The third-order valence-electron chi connectivity index (χ3n) is 11.5. The first-order valence-corrected chi connectivity index (χ1v) is 19.0. The fraction of sp³-hybridized carbons (Fsp3) is 0.0980. The van der Waals surface area contributed by atoms with Crippen molar-refractivity contribution in [1.82, 2.24) is 0 Å². The molecule has 3 heteroatoms. The van der Waals surface area contributed by atoms with E-state index in [1.807, 2.05) is 0 Å². The predicted octanol–water partition coefficient (Wildman–Crippen LogP) is 11.8. The smallest absolute Gasteiger partial charge is 0.252 e. The van der Waals surface area contributed by atoms with Crippen LogP contribution in [0.2, 0.25) is 0 Å². The van der Waals surface area contributed by atoms with Crippen LogP contribution in [0.5, 0.6) is 0 Å². The molecule has 0 unspecified atom stereocenters. The molecule has 10 rings (SSSR count). The van der Waals surface area contributed by atoms with Crippen LogP contribution in [0, 0.1) is 34.6 Å². The average molecular weight is 693 g/mol. The second kappa shape index (κ2) is 12.4. The standard InChI is InChI=1S/C51H41BN2/c1-32-10-16-38(17-11-32)41-28-42(39-18-12-33(2)13-19-39)31-44(30-41)54-48-23-15-35(4)25-46(48)52-45-24-34(3)14-22-47(45)53(49-26-36(5)27-50(54)51(49)52)43-21-20-37-8-6-7-9-40(37)29-43/h6-31H,1-5H3. The molecule has 2 nitrogen and oxygen atoms in total. The molecular weight excluding hydrogens is 651 g/mol. The molecule has 2 aliphatic rings. The quantitative estimate of drug-likeness (QED) is 0.169. The molecule has 0 aliphatic carbocycles. The van der Waals surface area contributed by atoms with Crippen LogP contribution in [0.1, 0.15) is 27.8 Å². The number of anilines is 6. The highest BCUT2D eigenvalue weighted by Gasteiger charge is 2.43. The molecule has 0 spiro atoms. The summed E-state index contributed by atoms with van der Waals surface area (Å²) in [6.45, 7) is 11.1. The third kappa shape index (κ3) is 5.26. The number of hydrogen-bond acceptors (Lipinski definition) is 2. The normalized spacial score (nSPS) is 12.8. The van der Waals surface area contributed by atoms with E-state index in [1.165, 1.54) is 106 Å². The van der Waals surface area contributed by atoms with Crippen LogP contribution < -0.4 is 26.2 Å². The van der Waals surface area contributed by atoms with Gasteiger partial charge < -0.3 is 9.80 Å². The van der Waals surface area contributed by atoms with E-state index in [0.29, 0.717) is 0 Å². The summed E-state index contributed by atoms with van der Waals surface area (Å²) < 4.78 is 0. The monoisotopic (exact) mass is 692 g/mol. The van der Waals surface area contributed by atoms with E-state index in [2.05, 4.69) is 202 Å². The van der Waals surface area contributed by atoms with E-state index < -0.39 is 0 Å². The van der Waals surface area contributed by atoms with E-state index in [4.69, 9.17) is 0 Å². The van der Waals surface area contributed by atoms with Crippen molar-refractivity contribution in [3.05, 3.63) is 186 Å². The predicted molar refractivity (Wildman–Crippen MR) is 233 cm³/mol. The van der Waals surface area contributed by atoms with Gasteiger partial charge in [-0.1, -0.05) is 125 Å². The molecule has 2 heterocycles. The molecule has 0 bridgehead atoms. The summed E-state index contributed by atoms with van der Waals surface area (Å²) in [5.41, 5.74) is 22.5. The molecule has 0 fully saturated rings. The maximum atomic E-state index is 2.55. The molecule has 8 aromatic rings. The van der Waals surface area contributed by atoms with Crippen molar-refractivity contribution in [1.29, 1.82) is 0 Å². The van der Waals surface area contributed by atoms with Gasteiger partial charge in [0.2, 0.25) is 0 Å². The summed E-state index contributed by atoms with van der Waals surface area (Å²) in [5, 5.41) is 2.49. The second-order valence-corrected chi connectivity index (χ2v) is 15.5. The molecule has 0 saturated heterocycles. The lowest BCUT2D eigenvalue weighted by Crippen LogP contribution is -2.61. The Morgan fingerprint density at radius 3 is 1.39 bits per heavy atom. The molecule has 258 valence electrons. The van der Waals surface area contributed by atoms with E-state index in [9.17, 15) is 0 Å². The third-order valence-corrected chi connectivity index (χ3v) is 11.5. The van der Waals surface area contributed by atoms with Gasteiger partial charge in [-0.25, -0.2) is 0 Å². The molecule has 0 N–H and O–H groups in total. The molecule has 0 saturated carbocycles. The molecule has 8 aromatic carbocycles. The number of nitrogens with zero attached hydrogens (tertiary/aromatic N) is 2. The topological polar surface area (TPSA) is 6.48 Å². The SMILES string of the molecule is Cc1ccc(-c2cc(-c3ccc(C)cc3)cc(N3c4ccc(C)cc4B4c5cc(C)ccc5N(c5ccc6ccccc6c5)c5cc(C)cc3c54)c2)cc1. The van der Waals surface area contributed by atoms with Crippen molar-refractivity contribution < 1.29 is 0 Å². The minimum atomic E-state index is 0.0882. The van der Waals surface area contributed by atoms with Crippen LogP contribution in [-0.4, -0.2) is 6.71 Å². The van der Waals surface area contributed by atoms with Gasteiger partial charge in [0.1, 0.15) is 0 Å². The van der Waals surface area contributed by atoms with Crippen LogP contribution in [0.4, 0.5) is 34.1 Å². The van der Waals surface area contributed by atoms with Crippen LogP contribution >= 0.6 is 0 Å². The zero-order valence-electron chi connectivity index (χ0n) is 31.5. The second-order valence-electron chi connectivity index (χ2n) is 15.5. The Balaban J connectivity index is 1.27. The fourth-order valence-corrected chi connectivity index (χ4v) is 8.82. The molecular formula is C51H41BN2. The first-order valence-electron chi connectivity index (χ1n) is 19.0. The van der Waals surface area contributed by atoms with Crippen molar-refractivity contribution in [3.63, 3.8) is 0 Å². The van der Waals surface area contributed by atoms with Crippen molar-refractivity contribution in [2.24, 2.45) is 0 Å². The Labute approximate surface area is 319 Å². The minimum absolute atomic E-state index is 0.0882. The Hall–Kier alpha value is -6.32. The molecule has 54 heavy (non-hydrogen) atoms. The van der Waals surface area contributed by atoms with E-state index >= 15 is 0 Å². The number of benzene rings is 8. The fourth-order valence-electron chi connectivity index (χ4n) is 8.82. The molecule has 2 aliphatic heterocycles. The van der Waals surface area contributed by atoms with Gasteiger partial charge in [0, 0.05) is 34.1 Å². The van der Waals surface area contributed by atoms with Gasteiger partial charge in [-0.05, 0) is 144 Å². The number of aryl methyl sites for hydroxylation is 5. The maximum Gasteiger partial charge on any atom is 0.252 e. The summed E-state index contributed by atoms with van der Waals surface area (Å²) in [6, 6.07) is 59.5. The Kier molecular flexibility index (Phi) is 7.42. The van der Waals surface area contributed by atoms with Crippen molar-refractivity contribution in [2.75, 3.05) is 9.80 Å². The van der Waals surface area contributed by atoms with Crippen LogP contribution in [0.25, 0.3) is 33.0 Å². The van der Waals surface area contributed by atoms with E-state index in [0.717, 1.165) is 5.69 Å². The van der Waals surface area contributed by atoms with Crippen molar-refractivity contribution in [2.45, 2.75) is 34.6 Å². The minimum Gasteiger partial charge on any atom is -0.311 e. The van der Waals surface area contributed by atoms with Gasteiger partial charge in [-0.15, -0.1) is 0 Å². The molecule has 0 atom stereocenters. The average Bonchev–Trinajstić information content (AvgIpc) is 3.18. The highest BCUT2D eigenvalue weighted by Crippen LogP contribution is 2.46. The summed E-state index contributed by atoms with van der Waals surface area (Å²) >= 11 is 0. The molecule has 0 amide bonds. The maximum absolute atomic E-state index is 2.55. The first kappa shape index (κ1) is 32.3. The Morgan fingerprint density at radius 2 is 0.833 bits per heavy atom. The van der Waals surface area contributed by atoms with Gasteiger partial charge in [-0.3, -0.25) is 0 Å². The lowest BCUT2D eigenvalue weighted by Gasteiger charge is -2.44. The van der Waals surface area contributed by atoms with Gasteiger partial charge in [0.05, 0.1) is 0 Å². The largest absolute Gasteiger partial charge is 0.311 e. The summed E-state index contributed by atoms with van der Waals surface area (Å²) in [7, 11) is 0. The van der Waals surface area contributed by atoms with E-state index in [1.54, 1.807) is 0 Å². The number of hydrogen-bond donors (Lipinski definition) is 0. The molecule has 0 aromatic heterocycles. The lowest BCUT2D eigenvalue weighted by molar-refractivity contribution is 1.23. The van der Waals surface area contributed by atoms with Crippen molar-refractivity contribution >= 4 is 68.0 Å². The Bertz CT molecular complexity index is 2720. The van der Waals surface area contributed by atoms with Gasteiger partial charge >= 0.3 is 0 Å². The van der Waals surface area contributed by atoms with Crippen LogP contribution in [-0.2, 0) is 0 Å². The zero-order valence-corrected chi connectivity index (χ0v) is 31.5. The summed E-state index contributed by atoms with van der Waals surface area (Å²) in [5.74, 6) is 0. The Morgan fingerprint density at radius 1 is 0.333 bits per heavy atom. The summed E-state index contributed by atoms with van der Waals surface area (Å²) in [4.78, 5) is 5.06. The highest BCUT2D eigenvalue weighted by molar-refractivity contribution is 7.00. The highest BCUT2D eigenvalue weighted by atomic mass is 15.2. The van der Waals surface area contributed by atoms with Crippen molar-refractivity contribution in [3.8, 4) is 22.3 Å². The zero-order chi connectivity index (χ0) is 36.7. The van der Waals surface area contributed by atoms with Gasteiger partial charge in [0.15, 0.2) is 0 Å². The summed E-state index contributed by atoms with van der Waals surface area (Å²) in [6.07, 6.45) is 0. The number of rotatable bonds is 4.